The Morgan fingerprint density at radius 1 is 1.36 bits per heavy atom. The Kier molecular flexibility index (Phi) is 5.17. The summed E-state index contributed by atoms with van der Waals surface area (Å²) in [6.45, 7) is 10.8. The van der Waals surface area contributed by atoms with Crippen molar-refractivity contribution in [2.24, 2.45) is 16.3 Å². The van der Waals surface area contributed by atoms with Gasteiger partial charge in [0.15, 0.2) is 5.96 Å². The number of aliphatic imine (C=N–C) groups is 1. The zero-order chi connectivity index (χ0) is 19.9. The van der Waals surface area contributed by atoms with Crippen LogP contribution in [0, 0.1) is 11.3 Å². The first-order valence-electron chi connectivity index (χ1n) is 10.5. The van der Waals surface area contributed by atoms with Gasteiger partial charge >= 0.3 is 0 Å². The van der Waals surface area contributed by atoms with Gasteiger partial charge in [-0.05, 0) is 32.4 Å². The van der Waals surface area contributed by atoms with E-state index >= 15 is 0 Å². The van der Waals surface area contributed by atoms with Crippen molar-refractivity contribution in [3.8, 4) is 11.5 Å². The van der Waals surface area contributed by atoms with Crippen LogP contribution >= 0.6 is 0 Å². The number of nitrogens with one attached hydrogen (secondary N) is 2. The first-order chi connectivity index (χ1) is 13.4. The standard InChI is InChI=1S/C22H33N3O3/c1-6-26-17-10-14-9-13(2)28-18(14)11-15(17)12-24-21(23-5)25-19-16-7-8-27-20(16)22(19,3)4/h10-11,13,16,19-20H,6-9,12H2,1-5H3,(H2,23,24,25). The average molecular weight is 388 g/mol. The highest BCUT2D eigenvalue weighted by Gasteiger charge is 2.59. The predicted octanol–water partition coefficient (Wildman–Crippen LogP) is 2.89. The summed E-state index contributed by atoms with van der Waals surface area (Å²) in [6.07, 6.45) is 2.65. The topological polar surface area (TPSA) is 64.1 Å². The Labute approximate surface area is 168 Å². The molecule has 1 aromatic rings. The van der Waals surface area contributed by atoms with E-state index in [0.29, 0.717) is 31.2 Å². The van der Waals surface area contributed by atoms with Gasteiger partial charge in [0.2, 0.25) is 0 Å². The largest absolute Gasteiger partial charge is 0.494 e. The SMILES string of the molecule is CCOc1cc2c(cc1CNC(=NC)NC1C3CCOC3C1(C)C)OC(C)C2. The monoisotopic (exact) mass is 387 g/mol. The molecule has 6 nitrogen and oxygen atoms in total. The summed E-state index contributed by atoms with van der Waals surface area (Å²) in [5, 5.41) is 7.10. The van der Waals surface area contributed by atoms with Crippen LogP contribution in [0.3, 0.4) is 0 Å². The summed E-state index contributed by atoms with van der Waals surface area (Å²) in [6, 6.07) is 4.62. The summed E-state index contributed by atoms with van der Waals surface area (Å²) >= 11 is 0. The van der Waals surface area contributed by atoms with E-state index in [-0.39, 0.29) is 11.5 Å². The lowest BCUT2D eigenvalue weighted by Gasteiger charge is -2.54. The summed E-state index contributed by atoms with van der Waals surface area (Å²) in [5.41, 5.74) is 2.44. The Bertz CT molecular complexity index is 762. The van der Waals surface area contributed by atoms with Gasteiger partial charge in [0.1, 0.15) is 17.6 Å². The number of nitrogens with zero attached hydrogens (tertiary/aromatic N) is 1. The minimum Gasteiger partial charge on any atom is -0.494 e. The van der Waals surface area contributed by atoms with Crippen molar-refractivity contribution in [1.82, 2.24) is 10.6 Å². The van der Waals surface area contributed by atoms with Crippen LogP contribution in [-0.4, -0.2) is 44.5 Å². The highest BCUT2D eigenvalue weighted by molar-refractivity contribution is 5.80. The lowest BCUT2D eigenvalue weighted by Crippen LogP contribution is -2.67. The summed E-state index contributed by atoms with van der Waals surface area (Å²) < 4.78 is 17.7. The Morgan fingerprint density at radius 2 is 2.18 bits per heavy atom. The van der Waals surface area contributed by atoms with E-state index in [9.17, 15) is 0 Å². The van der Waals surface area contributed by atoms with Gasteiger partial charge in [-0.2, -0.15) is 0 Å². The van der Waals surface area contributed by atoms with Gasteiger partial charge in [0.25, 0.3) is 0 Å². The van der Waals surface area contributed by atoms with Gasteiger partial charge in [-0.1, -0.05) is 13.8 Å². The molecule has 2 fully saturated rings. The molecule has 0 aromatic heterocycles. The third kappa shape index (κ3) is 3.32. The predicted molar refractivity (Wildman–Crippen MR) is 110 cm³/mol. The van der Waals surface area contributed by atoms with Crippen LogP contribution in [0.1, 0.15) is 45.2 Å². The van der Waals surface area contributed by atoms with Gasteiger partial charge in [-0.25, -0.2) is 0 Å². The number of fused-ring (bicyclic) bond motifs is 2. The van der Waals surface area contributed by atoms with Crippen molar-refractivity contribution < 1.29 is 14.2 Å². The van der Waals surface area contributed by atoms with E-state index in [1.165, 1.54) is 5.56 Å². The number of ether oxygens (including phenoxy) is 3. The summed E-state index contributed by atoms with van der Waals surface area (Å²) in [5.74, 6) is 3.29. The maximum atomic E-state index is 5.94. The van der Waals surface area contributed by atoms with Crippen LogP contribution < -0.4 is 20.1 Å². The Hall–Kier alpha value is -1.95. The molecule has 28 heavy (non-hydrogen) atoms. The molecule has 4 rings (SSSR count). The van der Waals surface area contributed by atoms with Gasteiger partial charge < -0.3 is 24.8 Å². The van der Waals surface area contributed by atoms with E-state index in [1.807, 2.05) is 14.0 Å². The molecule has 1 saturated carbocycles. The van der Waals surface area contributed by atoms with Gasteiger partial charge in [-0.15, -0.1) is 0 Å². The number of benzene rings is 1. The molecule has 2 aliphatic heterocycles. The highest BCUT2D eigenvalue weighted by Crippen LogP contribution is 2.52. The molecule has 1 aliphatic carbocycles. The second-order valence-electron chi connectivity index (χ2n) is 8.75. The van der Waals surface area contributed by atoms with E-state index in [4.69, 9.17) is 14.2 Å². The molecule has 0 amide bonds. The van der Waals surface area contributed by atoms with Crippen LogP contribution in [0.25, 0.3) is 0 Å². The van der Waals surface area contributed by atoms with Crippen LogP contribution in [0.2, 0.25) is 0 Å². The molecule has 1 saturated heterocycles. The molecule has 4 unspecified atom stereocenters. The molecular weight excluding hydrogens is 354 g/mol. The molecule has 0 bridgehead atoms. The van der Waals surface area contributed by atoms with Gasteiger partial charge in [0, 0.05) is 55.1 Å². The number of guanidine groups is 1. The molecule has 2 heterocycles. The minimum atomic E-state index is 0.118. The van der Waals surface area contributed by atoms with E-state index in [0.717, 1.165) is 42.5 Å². The molecule has 4 atom stereocenters. The summed E-state index contributed by atoms with van der Waals surface area (Å²) in [4.78, 5) is 4.45. The van der Waals surface area contributed by atoms with Crippen molar-refractivity contribution in [3.05, 3.63) is 23.3 Å². The van der Waals surface area contributed by atoms with Gasteiger partial charge in [0.05, 0.1) is 12.7 Å². The van der Waals surface area contributed by atoms with Crippen molar-refractivity contribution in [2.45, 2.75) is 65.3 Å². The molecule has 6 heteroatoms. The normalized spacial score (nSPS) is 30.1. The minimum absolute atomic E-state index is 0.118. The van der Waals surface area contributed by atoms with Crippen LogP contribution in [0.4, 0.5) is 0 Å². The number of rotatable bonds is 5. The first kappa shape index (κ1) is 19.4. The highest BCUT2D eigenvalue weighted by atomic mass is 16.5. The zero-order valence-electron chi connectivity index (χ0n) is 17.7. The van der Waals surface area contributed by atoms with Crippen molar-refractivity contribution in [1.29, 1.82) is 0 Å². The van der Waals surface area contributed by atoms with E-state index < -0.39 is 0 Å². The van der Waals surface area contributed by atoms with E-state index in [2.05, 4.69) is 48.5 Å². The Balaban J connectivity index is 1.44. The maximum Gasteiger partial charge on any atom is 0.191 e. The lowest BCUT2D eigenvalue weighted by atomic mass is 9.57. The molecule has 3 aliphatic rings. The van der Waals surface area contributed by atoms with Gasteiger partial charge in [-0.3, -0.25) is 4.99 Å². The fourth-order valence-corrected chi connectivity index (χ4v) is 5.05. The third-order valence-corrected chi connectivity index (χ3v) is 6.44. The van der Waals surface area contributed by atoms with Crippen LogP contribution in [0.5, 0.6) is 11.5 Å². The van der Waals surface area contributed by atoms with Crippen molar-refractivity contribution >= 4 is 5.96 Å². The zero-order valence-corrected chi connectivity index (χ0v) is 17.7. The molecule has 0 spiro atoms. The average Bonchev–Trinajstić information content (AvgIpc) is 3.26. The molecule has 1 aromatic carbocycles. The van der Waals surface area contributed by atoms with Crippen LogP contribution in [-0.2, 0) is 17.7 Å². The summed E-state index contributed by atoms with van der Waals surface area (Å²) in [7, 11) is 1.82. The fraction of sp³-hybridized carbons (Fsp3) is 0.682. The Morgan fingerprint density at radius 3 is 2.93 bits per heavy atom. The first-order valence-corrected chi connectivity index (χ1v) is 10.5. The molecule has 0 radical (unpaired) electrons. The van der Waals surface area contributed by atoms with Crippen LogP contribution in [0.15, 0.2) is 17.1 Å². The number of hydrogen-bond acceptors (Lipinski definition) is 4. The fourth-order valence-electron chi connectivity index (χ4n) is 5.05. The quantitative estimate of drug-likeness (QED) is 0.601. The molecule has 2 N–H and O–H groups in total. The second-order valence-corrected chi connectivity index (χ2v) is 8.75. The third-order valence-electron chi connectivity index (χ3n) is 6.44. The molecular formula is C22H33N3O3. The lowest BCUT2D eigenvalue weighted by molar-refractivity contribution is -0.106. The smallest absolute Gasteiger partial charge is 0.191 e. The van der Waals surface area contributed by atoms with Crippen molar-refractivity contribution in [2.75, 3.05) is 20.3 Å². The second kappa shape index (κ2) is 7.47. The molecule has 154 valence electrons. The number of hydrogen-bond donors (Lipinski definition) is 2. The van der Waals surface area contributed by atoms with Crippen molar-refractivity contribution in [3.63, 3.8) is 0 Å². The van der Waals surface area contributed by atoms with E-state index in [1.54, 1.807) is 0 Å². The maximum absolute atomic E-state index is 5.94.